The summed E-state index contributed by atoms with van der Waals surface area (Å²) in [6.07, 6.45) is 0. The van der Waals surface area contributed by atoms with E-state index in [1.807, 2.05) is 0 Å². The third kappa shape index (κ3) is 3.66. The smallest absolute Gasteiger partial charge is 0.308 e. The summed E-state index contributed by atoms with van der Waals surface area (Å²) in [6, 6.07) is 2.93. The van der Waals surface area contributed by atoms with E-state index in [2.05, 4.69) is 10.2 Å². The van der Waals surface area contributed by atoms with Crippen molar-refractivity contribution in [1.29, 1.82) is 0 Å². The second-order valence-corrected chi connectivity index (χ2v) is 4.21. The lowest BCUT2D eigenvalue weighted by Crippen LogP contribution is -2.37. The first-order valence-electron chi connectivity index (χ1n) is 5.47. The summed E-state index contributed by atoms with van der Waals surface area (Å²) in [6.45, 7) is 3.86. The van der Waals surface area contributed by atoms with E-state index in [-0.39, 0.29) is 23.3 Å². The second kappa shape index (κ2) is 6.30. The molecule has 0 aliphatic rings. The van der Waals surface area contributed by atoms with Crippen molar-refractivity contribution in [2.24, 2.45) is 5.92 Å². The average molecular weight is 272 g/mol. The Kier molecular flexibility index (Phi) is 5.03. The van der Waals surface area contributed by atoms with Gasteiger partial charge in [-0.3, -0.25) is 9.59 Å². The first kappa shape index (κ1) is 14.4. The van der Waals surface area contributed by atoms with Gasteiger partial charge in [-0.2, -0.15) is 0 Å². The van der Waals surface area contributed by atoms with Gasteiger partial charge >= 0.3 is 5.97 Å². The number of carboxylic acids is 1. The number of carbonyl (C=O) groups excluding carboxylic acids is 1. The number of carbonyl (C=O) groups is 2. The quantitative estimate of drug-likeness (QED) is 0.873. The molecule has 0 aliphatic carbocycles. The summed E-state index contributed by atoms with van der Waals surface area (Å²) >= 11 is 5.58. The van der Waals surface area contributed by atoms with Gasteiger partial charge in [0.05, 0.1) is 5.92 Å². The molecule has 6 nitrogen and oxygen atoms in total. The summed E-state index contributed by atoms with van der Waals surface area (Å²) in [5, 5.41) is 16.3. The molecular weight excluding hydrogens is 258 g/mol. The molecule has 1 rings (SSSR count). The molecule has 0 aliphatic heterocycles. The lowest BCUT2D eigenvalue weighted by atomic mass is 10.1. The van der Waals surface area contributed by atoms with Gasteiger partial charge in [0.15, 0.2) is 10.8 Å². The van der Waals surface area contributed by atoms with Crippen molar-refractivity contribution in [1.82, 2.24) is 15.1 Å². The summed E-state index contributed by atoms with van der Waals surface area (Å²) in [4.78, 5) is 24.2. The minimum atomic E-state index is -0.941. The van der Waals surface area contributed by atoms with Crippen molar-refractivity contribution >= 4 is 23.5 Å². The Morgan fingerprint density at radius 3 is 2.56 bits per heavy atom. The van der Waals surface area contributed by atoms with Gasteiger partial charge in [0, 0.05) is 13.1 Å². The largest absolute Gasteiger partial charge is 0.481 e. The Bertz CT molecular complexity index is 436. The van der Waals surface area contributed by atoms with Crippen molar-refractivity contribution in [3.8, 4) is 0 Å². The van der Waals surface area contributed by atoms with Crippen LogP contribution >= 0.6 is 11.6 Å². The second-order valence-electron chi connectivity index (χ2n) is 3.82. The molecule has 1 unspecified atom stereocenters. The zero-order valence-electron chi connectivity index (χ0n) is 10.1. The average Bonchev–Trinajstić information content (AvgIpc) is 2.35. The van der Waals surface area contributed by atoms with E-state index in [4.69, 9.17) is 16.7 Å². The van der Waals surface area contributed by atoms with Gasteiger partial charge in [-0.1, -0.05) is 18.5 Å². The molecule has 0 saturated carbocycles. The third-order valence-corrected chi connectivity index (χ3v) is 2.64. The van der Waals surface area contributed by atoms with Gasteiger partial charge in [0.25, 0.3) is 5.91 Å². The predicted octanol–water partition coefficient (Wildman–Crippen LogP) is 1.31. The van der Waals surface area contributed by atoms with Crippen LogP contribution in [-0.2, 0) is 4.79 Å². The number of rotatable bonds is 5. The van der Waals surface area contributed by atoms with E-state index in [1.165, 1.54) is 17.0 Å². The van der Waals surface area contributed by atoms with Crippen molar-refractivity contribution in [2.45, 2.75) is 13.8 Å². The van der Waals surface area contributed by atoms with Crippen LogP contribution in [0.25, 0.3) is 0 Å². The van der Waals surface area contributed by atoms with Gasteiger partial charge < -0.3 is 10.0 Å². The Labute approximate surface area is 110 Å². The first-order valence-corrected chi connectivity index (χ1v) is 5.84. The molecule has 1 aromatic rings. The van der Waals surface area contributed by atoms with Crippen LogP contribution < -0.4 is 0 Å². The zero-order chi connectivity index (χ0) is 13.7. The number of carboxylic acid groups (broad SMARTS) is 1. The maximum Gasteiger partial charge on any atom is 0.308 e. The van der Waals surface area contributed by atoms with Gasteiger partial charge in [-0.25, -0.2) is 0 Å². The molecule has 1 amide bonds. The van der Waals surface area contributed by atoms with E-state index in [0.29, 0.717) is 6.54 Å². The maximum absolute atomic E-state index is 12.0. The van der Waals surface area contributed by atoms with E-state index >= 15 is 0 Å². The highest BCUT2D eigenvalue weighted by Crippen LogP contribution is 2.08. The molecule has 1 atom stereocenters. The lowest BCUT2D eigenvalue weighted by Gasteiger charge is -2.22. The molecule has 1 heterocycles. The van der Waals surface area contributed by atoms with Crippen molar-refractivity contribution < 1.29 is 14.7 Å². The minimum Gasteiger partial charge on any atom is -0.481 e. The fourth-order valence-corrected chi connectivity index (χ4v) is 1.46. The zero-order valence-corrected chi connectivity index (χ0v) is 10.9. The van der Waals surface area contributed by atoms with Gasteiger partial charge in [-0.15, -0.1) is 10.2 Å². The van der Waals surface area contributed by atoms with Crippen LogP contribution in [0.1, 0.15) is 24.3 Å². The van der Waals surface area contributed by atoms with Crippen LogP contribution in [-0.4, -0.2) is 45.2 Å². The molecule has 1 aromatic heterocycles. The molecule has 98 valence electrons. The van der Waals surface area contributed by atoms with Crippen molar-refractivity contribution in [2.75, 3.05) is 13.1 Å². The summed E-state index contributed by atoms with van der Waals surface area (Å²) in [7, 11) is 0. The van der Waals surface area contributed by atoms with E-state index in [1.54, 1.807) is 13.8 Å². The standard InChI is InChI=1S/C11H14ClN3O3/c1-3-15(6-7(2)11(17)18)10(16)8-4-5-9(12)14-13-8/h4-5,7H,3,6H2,1-2H3,(H,17,18). The Hall–Kier alpha value is -1.69. The van der Waals surface area contributed by atoms with Crippen LogP contribution in [0.5, 0.6) is 0 Å². The molecule has 0 bridgehead atoms. The third-order valence-electron chi connectivity index (χ3n) is 2.44. The maximum atomic E-state index is 12.0. The van der Waals surface area contributed by atoms with Crippen molar-refractivity contribution in [3.63, 3.8) is 0 Å². The topological polar surface area (TPSA) is 83.4 Å². The molecule has 0 fully saturated rings. The van der Waals surface area contributed by atoms with Crippen LogP contribution in [0.4, 0.5) is 0 Å². The molecule has 0 aromatic carbocycles. The Morgan fingerprint density at radius 2 is 2.11 bits per heavy atom. The van der Waals surface area contributed by atoms with E-state index < -0.39 is 11.9 Å². The monoisotopic (exact) mass is 271 g/mol. The number of amides is 1. The molecule has 0 saturated heterocycles. The number of halogens is 1. The normalized spacial score (nSPS) is 11.9. The lowest BCUT2D eigenvalue weighted by molar-refractivity contribution is -0.141. The summed E-state index contributed by atoms with van der Waals surface area (Å²) < 4.78 is 0. The minimum absolute atomic E-state index is 0.134. The fourth-order valence-electron chi connectivity index (χ4n) is 1.36. The molecule has 1 N–H and O–H groups in total. The van der Waals surface area contributed by atoms with Crippen molar-refractivity contribution in [3.05, 3.63) is 23.0 Å². The van der Waals surface area contributed by atoms with E-state index in [0.717, 1.165) is 0 Å². The Balaban J connectivity index is 2.79. The summed E-state index contributed by atoms with van der Waals surface area (Å²) in [5.41, 5.74) is 0.152. The van der Waals surface area contributed by atoms with E-state index in [9.17, 15) is 9.59 Å². The number of aliphatic carboxylic acids is 1. The predicted molar refractivity (Wildman–Crippen MR) is 65.4 cm³/mol. The molecule has 0 spiro atoms. The molecule has 18 heavy (non-hydrogen) atoms. The van der Waals surface area contributed by atoms with Crippen LogP contribution in [0.15, 0.2) is 12.1 Å². The highest BCUT2D eigenvalue weighted by atomic mass is 35.5. The summed E-state index contributed by atoms with van der Waals surface area (Å²) in [5.74, 6) is -1.92. The van der Waals surface area contributed by atoms with Gasteiger partial charge in [0.2, 0.25) is 0 Å². The fraction of sp³-hybridized carbons (Fsp3) is 0.455. The van der Waals surface area contributed by atoms with Crippen LogP contribution in [0, 0.1) is 5.92 Å². The SMILES string of the molecule is CCN(CC(C)C(=O)O)C(=O)c1ccc(Cl)nn1. The van der Waals surface area contributed by atoms with Crippen LogP contribution in [0.2, 0.25) is 5.15 Å². The number of hydrogen-bond donors (Lipinski definition) is 1. The first-order chi connectivity index (χ1) is 8.45. The molecular formula is C11H14ClN3O3. The van der Waals surface area contributed by atoms with Crippen LogP contribution in [0.3, 0.4) is 0 Å². The number of aromatic nitrogens is 2. The van der Waals surface area contributed by atoms with Gasteiger partial charge in [0.1, 0.15) is 0 Å². The molecule has 0 radical (unpaired) electrons. The highest BCUT2D eigenvalue weighted by Gasteiger charge is 2.21. The molecule has 7 heteroatoms. The highest BCUT2D eigenvalue weighted by molar-refractivity contribution is 6.29. The Morgan fingerprint density at radius 1 is 1.44 bits per heavy atom. The number of nitrogens with zero attached hydrogens (tertiary/aromatic N) is 3. The number of hydrogen-bond acceptors (Lipinski definition) is 4. The van der Waals surface area contributed by atoms with Gasteiger partial charge in [-0.05, 0) is 19.1 Å².